The van der Waals surface area contributed by atoms with Gasteiger partial charge in [0.05, 0.1) is 21.6 Å². The molecule has 0 N–H and O–H groups in total. The van der Waals surface area contributed by atoms with Crippen molar-refractivity contribution in [2.24, 2.45) is 0 Å². The highest BCUT2D eigenvalue weighted by Gasteiger charge is 2.34. The number of rotatable bonds is 9. The molecule has 0 bridgehead atoms. The summed E-state index contributed by atoms with van der Waals surface area (Å²) in [4.78, 5) is 17.7. The van der Waals surface area contributed by atoms with Gasteiger partial charge >= 0.3 is 5.97 Å². The lowest BCUT2D eigenvalue weighted by Gasteiger charge is -2.29. The van der Waals surface area contributed by atoms with Gasteiger partial charge in [-0.25, -0.2) is 18.2 Å². The smallest absolute Gasteiger partial charge is 0.330 e. The van der Waals surface area contributed by atoms with E-state index in [0.29, 0.717) is 12.2 Å². The number of imidazole rings is 1. The molecule has 198 valence electrons. The highest BCUT2D eigenvalue weighted by atomic mass is 32.2. The molecule has 0 radical (unpaired) electrons. The molecule has 0 saturated carbocycles. The van der Waals surface area contributed by atoms with Crippen molar-refractivity contribution in [1.82, 2.24) is 9.55 Å². The first-order chi connectivity index (χ1) is 18.8. The van der Waals surface area contributed by atoms with E-state index in [0.717, 1.165) is 32.3 Å². The van der Waals surface area contributed by atoms with Crippen LogP contribution >= 0.6 is 0 Å². The normalized spacial score (nSPS) is 12.3. The van der Waals surface area contributed by atoms with Crippen molar-refractivity contribution >= 4 is 32.7 Å². The van der Waals surface area contributed by atoms with Crippen molar-refractivity contribution in [2.75, 3.05) is 4.31 Å². The first-order valence-electron chi connectivity index (χ1n) is 12.7. The molecule has 0 unspecified atom stereocenters. The second-order valence-electron chi connectivity index (χ2n) is 9.28. The van der Waals surface area contributed by atoms with E-state index in [9.17, 15) is 13.2 Å². The number of hydrogen-bond acceptors (Lipinski definition) is 5. The number of para-hydroxylation sites is 3. The number of aromatic nitrogens is 2. The number of fused-ring (bicyclic) bond motifs is 1. The number of nitrogens with zero attached hydrogens (tertiary/aromatic N) is 3. The third-order valence-electron chi connectivity index (χ3n) is 6.59. The molecule has 8 heteroatoms. The third kappa shape index (κ3) is 5.56. The number of sulfonamides is 1. The summed E-state index contributed by atoms with van der Waals surface area (Å²) in [5.41, 5.74) is 4.07. The summed E-state index contributed by atoms with van der Waals surface area (Å²) >= 11 is 0. The highest BCUT2D eigenvalue weighted by molar-refractivity contribution is 7.92. The van der Waals surface area contributed by atoms with Gasteiger partial charge in [-0.3, -0.25) is 4.31 Å². The van der Waals surface area contributed by atoms with E-state index >= 15 is 0 Å². The Morgan fingerprint density at radius 2 is 1.46 bits per heavy atom. The minimum atomic E-state index is -4.09. The van der Waals surface area contributed by atoms with E-state index in [-0.39, 0.29) is 11.5 Å². The number of anilines is 1. The van der Waals surface area contributed by atoms with Gasteiger partial charge in [-0.2, -0.15) is 0 Å². The first kappa shape index (κ1) is 26.2. The molecule has 4 aromatic carbocycles. The lowest BCUT2D eigenvalue weighted by molar-refractivity contribution is -0.145. The zero-order chi connectivity index (χ0) is 27.4. The second kappa shape index (κ2) is 11.1. The van der Waals surface area contributed by atoms with Gasteiger partial charge in [0.25, 0.3) is 10.0 Å². The molecule has 0 aliphatic carbocycles. The summed E-state index contributed by atoms with van der Waals surface area (Å²) in [5.74, 6) is 0.247. The number of benzene rings is 4. The molecule has 1 atom stereocenters. The Balaban J connectivity index is 1.40. The van der Waals surface area contributed by atoms with Gasteiger partial charge in [-0.05, 0) is 61.4 Å². The topological polar surface area (TPSA) is 81.5 Å². The number of carbonyl (C=O) groups is 1. The predicted molar refractivity (Wildman–Crippen MR) is 152 cm³/mol. The molecule has 0 fully saturated rings. The average Bonchev–Trinajstić information content (AvgIpc) is 3.27. The molecule has 0 amide bonds. The number of carbonyl (C=O) groups excluding carboxylic acids is 1. The lowest BCUT2D eigenvalue weighted by atomic mass is 10.2. The molecule has 0 aliphatic heterocycles. The minimum absolute atomic E-state index is 0.0593. The fourth-order valence-corrected chi connectivity index (χ4v) is 6.16. The number of aryl methyl sites for hydroxylation is 1. The van der Waals surface area contributed by atoms with Crippen LogP contribution < -0.4 is 4.31 Å². The molecule has 0 saturated heterocycles. The molecule has 7 nitrogen and oxygen atoms in total. The minimum Gasteiger partial charge on any atom is -0.459 e. The standard InChI is InChI=1S/C31H29N3O4S/c1-23(31(35)38-22-26-11-5-3-6-12-26)34(27-13-7-4-8-14-27)39(36,37)28-19-17-25(18-20-28)21-33-24(2)32-29-15-9-10-16-30(29)33/h3-20,23H,21-22H2,1-2H3/t23-/m0/s1. The van der Waals surface area contributed by atoms with Crippen LogP contribution in [0, 0.1) is 6.92 Å². The first-order valence-corrected chi connectivity index (χ1v) is 14.1. The van der Waals surface area contributed by atoms with Gasteiger partial charge in [-0.1, -0.05) is 72.8 Å². The van der Waals surface area contributed by atoms with Crippen molar-refractivity contribution in [2.45, 2.75) is 37.9 Å². The van der Waals surface area contributed by atoms with Crippen LogP contribution in [-0.4, -0.2) is 30.0 Å². The van der Waals surface area contributed by atoms with E-state index in [1.165, 1.54) is 0 Å². The maximum absolute atomic E-state index is 13.9. The molecule has 0 spiro atoms. The molecule has 0 aliphatic rings. The van der Waals surface area contributed by atoms with Crippen LogP contribution in [0.25, 0.3) is 11.0 Å². The Morgan fingerprint density at radius 3 is 2.15 bits per heavy atom. The maximum atomic E-state index is 13.9. The summed E-state index contributed by atoms with van der Waals surface area (Å²) < 4.78 is 36.5. The largest absolute Gasteiger partial charge is 0.459 e. The average molecular weight is 540 g/mol. The Kier molecular flexibility index (Phi) is 7.47. The Labute approximate surface area is 228 Å². The van der Waals surface area contributed by atoms with Crippen LogP contribution in [0.4, 0.5) is 5.69 Å². The Bertz CT molecular complexity index is 1680. The summed E-state index contributed by atoms with van der Waals surface area (Å²) in [5, 5.41) is 0. The summed E-state index contributed by atoms with van der Waals surface area (Å²) in [6, 6.07) is 31.5. The number of esters is 1. The van der Waals surface area contributed by atoms with Crippen LogP contribution in [0.1, 0.15) is 23.9 Å². The predicted octanol–water partition coefficient (Wildman–Crippen LogP) is 5.72. The molecule has 5 rings (SSSR count). The Morgan fingerprint density at radius 1 is 0.846 bits per heavy atom. The van der Waals surface area contributed by atoms with E-state index in [4.69, 9.17) is 4.74 Å². The van der Waals surface area contributed by atoms with Crippen molar-refractivity contribution in [3.63, 3.8) is 0 Å². The van der Waals surface area contributed by atoms with Gasteiger partial charge in [0.1, 0.15) is 18.5 Å². The van der Waals surface area contributed by atoms with Crippen molar-refractivity contribution in [3.05, 3.63) is 126 Å². The molecule has 1 heterocycles. The highest BCUT2D eigenvalue weighted by Crippen LogP contribution is 2.27. The van der Waals surface area contributed by atoms with Gasteiger partial charge in [0.2, 0.25) is 0 Å². The van der Waals surface area contributed by atoms with Crippen LogP contribution in [0.5, 0.6) is 0 Å². The maximum Gasteiger partial charge on any atom is 0.330 e. The number of hydrogen-bond donors (Lipinski definition) is 0. The van der Waals surface area contributed by atoms with Crippen molar-refractivity contribution < 1.29 is 17.9 Å². The zero-order valence-electron chi connectivity index (χ0n) is 21.8. The van der Waals surface area contributed by atoms with Gasteiger partial charge in [0, 0.05) is 6.54 Å². The number of ether oxygens (including phenoxy) is 1. The molecule has 5 aromatic rings. The van der Waals surface area contributed by atoms with Crippen LogP contribution in [0.15, 0.2) is 114 Å². The van der Waals surface area contributed by atoms with Crippen LogP contribution in [-0.2, 0) is 32.7 Å². The van der Waals surface area contributed by atoms with E-state index < -0.39 is 22.0 Å². The fraction of sp³-hybridized carbons (Fsp3) is 0.161. The zero-order valence-corrected chi connectivity index (χ0v) is 22.6. The summed E-state index contributed by atoms with van der Waals surface area (Å²) in [6.45, 7) is 4.11. The lowest BCUT2D eigenvalue weighted by Crippen LogP contribution is -2.44. The monoisotopic (exact) mass is 539 g/mol. The third-order valence-corrected chi connectivity index (χ3v) is 8.51. The summed E-state index contributed by atoms with van der Waals surface area (Å²) in [6.07, 6.45) is 0. The van der Waals surface area contributed by atoms with Gasteiger partial charge in [0.15, 0.2) is 0 Å². The molecule has 1 aromatic heterocycles. The Hall–Kier alpha value is -4.43. The second-order valence-corrected chi connectivity index (χ2v) is 11.1. The van der Waals surface area contributed by atoms with Crippen LogP contribution in [0.2, 0.25) is 0 Å². The van der Waals surface area contributed by atoms with E-state index in [1.807, 2.05) is 61.5 Å². The molecular weight excluding hydrogens is 510 g/mol. The fourth-order valence-electron chi connectivity index (χ4n) is 4.55. The SMILES string of the molecule is Cc1nc2ccccc2n1Cc1ccc(S(=O)(=O)N(c2ccccc2)[C@@H](C)C(=O)OCc2ccccc2)cc1. The van der Waals surface area contributed by atoms with Crippen molar-refractivity contribution in [3.8, 4) is 0 Å². The van der Waals surface area contributed by atoms with Gasteiger partial charge < -0.3 is 9.30 Å². The summed E-state index contributed by atoms with van der Waals surface area (Å²) in [7, 11) is -4.09. The van der Waals surface area contributed by atoms with Gasteiger partial charge in [-0.15, -0.1) is 0 Å². The van der Waals surface area contributed by atoms with Crippen molar-refractivity contribution in [1.29, 1.82) is 0 Å². The van der Waals surface area contributed by atoms with E-state index in [1.54, 1.807) is 61.5 Å². The quantitative estimate of drug-likeness (QED) is 0.224. The van der Waals surface area contributed by atoms with Crippen LogP contribution in [0.3, 0.4) is 0 Å². The van der Waals surface area contributed by atoms with E-state index in [2.05, 4.69) is 9.55 Å². The molecule has 39 heavy (non-hydrogen) atoms. The molecular formula is C31H29N3O4S.